The molecule has 0 radical (unpaired) electrons. The van der Waals surface area contributed by atoms with E-state index >= 15 is 0 Å². The molecule has 1 rings (SSSR count). The molecule has 1 atom stereocenters. The topological polar surface area (TPSA) is 92.4 Å². The quantitative estimate of drug-likeness (QED) is 0.563. The summed E-state index contributed by atoms with van der Waals surface area (Å²) in [4.78, 5) is 22.6. The maximum atomic E-state index is 11.8. The molecule has 0 fully saturated rings. The van der Waals surface area contributed by atoms with Crippen LogP contribution < -0.4 is 11.1 Å². The van der Waals surface area contributed by atoms with Crippen LogP contribution >= 0.6 is 11.6 Å². The molecule has 1 aromatic carbocycles. The first-order chi connectivity index (χ1) is 8.45. The normalized spacial score (nSPS) is 11.3. The van der Waals surface area contributed by atoms with E-state index in [4.69, 9.17) is 28.9 Å². The Labute approximate surface area is 109 Å². The van der Waals surface area contributed by atoms with Gasteiger partial charge in [0.25, 0.3) is 5.91 Å². The van der Waals surface area contributed by atoms with Gasteiger partial charge in [-0.15, -0.1) is 12.3 Å². The zero-order chi connectivity index (χ0) is 13.7. The lowest BCUT2D eigenvalue weighted by Crippen LogP contribution is -2.40. The van der Waals surface area contributed by atoms with Gasteiger partial charge >= 0.3 is 5.97 Å². The molecule has 18 heavy (non-hydrogen) atoms. The summed E-state index contributed by atoms with van der Waals surface area (Å²) in [7, 11) is 0. The van der Waals surface area contributed by atoms with E-state index in [0.29, 0.717) is 5.02 Å². The summed E-state index contributed by atoms with van der Waals surface area (Å²) in [6, 6.07) is 3.15. The molecule has 0 saturated carbocycles. The summed E-state index contributed by atoms with van der Waals surface area (Å²) >= 11 is 5.71. The van der Waals surface area contributed by atoms with Gasteiger partial charge in [0.05, 0.1) is 10.7 Å². The number of hydrogen-bond acceptors (Lipinski definition) is 3. The zero-order valence-electron chi connectivity index (χ0n) is 9.31. The standard InChI is InChI=1S/C12H11ClN2O3/c1-2-3-10(12(17)18)15-11(16)7-4-5-8(13)9(14)6-7/h1,4-6,10H,3,14H2,(H,15,16)(H,17,18). The Balaban J connectivity index is 2.84. The van der Waals surface area contributed by atoms with E-state index in [9.17, 15) is 9.59 Å². The first-order valence-electron chi connectivity index (χ1n) is 4.98. The fraction of sp³-hybridized carbons (Fsp3) is 0.167. The van der Waals surface area contributed by atoms with Crippen LogP contribution in [0.1, 0.15) is 16.8 Å². The Bertz CT molecular complexity index is 523. The molecule has 0 aliphatic rings. The fourth-order valence-electron chi connectivity index (χ4n) is 1.24. The highest BCUT2D eigenvalue weighted by atomic mass is 35.5. The third-order valence-electron chi connectivity index (χ3n) is 2.18. The number of rotatable bonds is 4. The molecule has 1 unspecified atom stereocenters. The second kappa shape index (κ2) is 5.94. The summed E-state index contributed by atoms with van der Waals surface area (Å²) < 4.78 is 0. The van der Waals surface area contributed by atoms with Crippen LogP contribution in [-0.4, -0.2) is 23.0 Å². The van der Waals surface area contributed by atoms with Crippen molar-refractivity contribution >= 4 is 29.2 Å². The third kappa shape index (κ3) is 3.40. The number of halogens is 1. The van der Waals surface area contributed by atoms with Crippen LogP contribution in [0.2, 0.25) is 5.02 Å². The molecule has 1 amide bonds. The average molecular weight is 267 g/mol. The largest absolute Gasteiger partial charge is 0.480 e. The number of anilines is 1. The molecule has 94 valence electrons. The lowest BCUT2D eigenvalue weighted by atomic mass is 10.1. The summed E-state index contributed by atoms with van der Waals surface area (Å²) in [6.45, 7) is 0. The average Bonchev–Trinajstić information content (AvgIpc) is 2.31. The summed E-state index contributed by atoms with van der Waals surface area (Å²) in [5, 5.41) is 11.5. The summed E-state index contributed by atoms with van der Waals surface area (Å²) in [5.41, 5.74) is 6.01. The van der Waals surface area contributed by atoms with Crippen LogP contribution in [0.3, 0.4) is 0 Å². The number of amides is 1. The molecule has 0 bridgehead atoms. The smallest absolute Gasteiger partial charge is 0.327 e. The molecule has 0 saturated heterocycles. The van der Waals surface area contributed by atoms with E-state index < -0.39 is 17.9 Å². The number of hydrogen-bond donors (Lipinski definition) is 3. The van der Waals surface area contributed by atoms with Gasteiger partial charge < -0.3 is 16.2 Å². The lowest BCUT2D eigenvalue weighted by molar-refractivity contribution is -0.139. The Morgan fingerprint density at radius 1 is 1.56 bits per heavy atom. The molecule has 0 spiro atoms. The highest BCUT2D eigenvalue weighted by molar-refractivity contribution is 6.33. The second-order valence-corrected chi connectivity index (χ2v) is 3.92. The van der Waals surface area contributed by atoms with Crippen molar-refractivity contribution in [2.45, 2.75) is 12.5 Å². The predicted octanol–water partition coefficient (Wildman–Crippen LogP) is 1.13. The zero-order valence-corrected chi connectivity index (χ0v) is 10.1. The van der Waals surface area contributed by atoms with E-state index in [1.807, 2.05) is 0 Å². The highest BCUT2D eigenvalue weighted by Gasteiger charge is 2.19. The van der Waals surface area contributed by atoms with Gasteiger partial charge in [0.15, 0.2) is 0 Å². The number of nitrogen functional groups attached to an aromatic ring is 1. The second-order valence-electron chi connectivity index (χ2n) is 3.51. The monoisotopic (exact) mass is 266 g/mol. The van der Waals surface area contributed by atoms with Crippen molar-refractivity contribution in [3.8, 4) is 12.3 Å². The minimum Gasteiger partial charge on any atom is -0.480 e. The molecule has 1 aromatic rings. The minimum atomic E-state index is -1.19. The van der Waals surface area contributed by atoms with Crippen molar-refractivity contribution < 1.29 is 14.7 Å². The lowest BCUT2D eigenvalue weighted by Gasteiger charge is -2.12. The molecular formula is C12H11ClN2O3. The molecular weight excluding hydrogens is 256 g/mol. The Morgan fingerprint density at radius 2 is 2.22 bits per heavy atom. The summed E-state index contributed by atoms with van der Waals surface area (Å²) in [5.74, 6) is 0.425. The van der Waals surface area contributed by atoms with E-state index in [1.165, 1.54) is 18.2 Å². The van der Waals surface area contributed by atoms with Crippen molar-refractivity contribution in [1.29, 1.82) is 0 Å². The Kier molecular flexibility index (Phi) is 4.58. The molecule has 0 aliphatic carbocycles. The Hall–Kier alpha value is -2.19. The van der Waals surface area contributed by atoms with Crippen molar-refractivity contribution in [2.24, 2.45) is 0 Å². The highest BCUT2D eigenvalue weighted by Crippen LogP contribution is 2.19. The van der Waals surface area contributed by atoms with Crippen LogP contribution in [0, 0.1) is 12.3 Å². The molecule has 5 nitrogen and oxygen atoms in total. The number of terminal acetylenes is 1. The van der Waals surface area contributed by atoms with Crippen LogP contribution in [0.5, 0.6) is 0 Å². The van der Waals surface area contributed by atoms with Crippen molar-refractivity contribution in [2.75, 3.05) is 5.73 Å². The van der Waals surface area contributed by atoms with Crippen molar-refractivity contribution in [3.63, 3.8) is 0 Å². The Morgan fingerprint density at radius 3 is 2.72 bits per heavy atom. The molecule has 6 heteroatoms. The predicted molar refractivity (Wildman–Crippen MR) is 68.2 cm³/mol. The van der Waals surface area contributed by atoms with Gasteiger partial charge in [0.2, 0.25) is 0 Å². The van der Waals surface area contributed by atoms with E-state index in [1.54, 1.807) is 0 Å². The number of carbonyl (C=O) groups is 2. The fourth-order valence-corrected chi connectivity index (χ4v) is 1.36. The van der Waals surface area contributed by atoms with E-state index in [-0.39, 0.29) is 17.7 Å². The van der Waals surface area contributed by atoms with E-state index in [0.717, 1.165) is 0 Å². The first kappa shape index (κ1) is 13.9. The van der Waals surface area contributed by atoms with Gasteiger partial charge in [-0.2, -0.15) is 0 Å². The first-order valence-corrected chi connectivity index (χ1v) is 5.35. The number of nitrogens with two attached hydrogens (primary N) is 1. The number of carbonyl (C=O) groups excluding carboxylic acids is 1. The maximum absolute atomic E-state index is 11.8. The van der Waals surface area contributed by atoms with Gasteiger partial charge in [-0.25, -0.2) is 4.79 Å². The van der Waals surface area contributed by atoms with Crippen LogP contribution in [0.15, 0.2) is 18.2 Å². The number of nitrogens with one attached hydrogen (secondary N) is 1. The molecule has 0 heterocycles. The van der Waals surface area contributed by atoms with Crippen molar-refractivity contribution in [1.82, 2.24) is 5.32 Å². The van der Waals surface area contributed by atoms with Gasteiger partial charge in [-0.05, 0) is 18.2 Å². The number of aliphatic carboxylic acids is 1. The maximum Gasteiger partial charge on any atom is 0.327 e. The molecule has 0 aliphatic heterocycles. The van der Waals surface area contributed by atoms with Crippen LogP contribution in [0.4, 0.5) is 5.69 Å². The number of benzene rings is 1. The molecule has 0 aromatic heterocycles. The van der Waals surface area contributed by atoms with Gasteiger partial charge in [0, 0.05) is 12.0 Å². The van der Waals surface area contributed by atoms with Crippen LogP contribution in [0.25, 0.3) is 0 Å². The SMILES string of the molecule is C#CCC(NC(=O)c1ccc(Cl)c(N)c1)C(=O)O. The van der Waals surface area contributed by atoms with Gasteiger partial charge in [-0.3, -0.25) is 4.79 Å². The molecule has 4 N–H and O–H groups in total. The van der Waals surface area contributed by atoms with Gasteiger partial charge in [0.1, 0.15) is 6.04 Å². The minimum absolute atomic E-state index is 0.0931. The van der Waals surface area contributed by atoms with Crippen molar-refractivity contribution in [3.05, 3.63) is 28.8 Å². The van der Waals surface area contributed by atoms with Crippen LogP contribution in [-0.2, 0) is 4.79 Å². The number of carboxylic acid groups (broad SMARTS) is 1. The van der Waals surface area contributed by atoms with Gasteiger partial charge in [-0.1, -0.05) is 11.6 Å². The van der Waals surface area contributed by atoms with E-state index in [2.05, 4.69) is 11.2 Å². The summed E-state index contributed by atoms with van der Waals surface area (Å²) in [6.07, 6.45) is 4.93. The number of carboxylic acids is 1. The third-order valence-corrected chi connectivity index (χ3v) is 2.53.